The number of ether oxygens (including phenoxy) is 1. The van der Waals surface area contributed by atoms with Gasteiger partial charge in [-0.1, -0.05) is 29.8 Å². The maximum Gasteiger partial charge on any atom is 0.309 e. The normalized spacial score (nSPS) is 15.8. The Morgan fingerprint density at radius 2 is 1.75 bits per heavy atom. The first-order chi connectivity index (χ1) is 13.5. The summed E-state index contributed by atoms with van der Waals surface area (Å²) in [5.41, 5.74) is 3.21. The second-order valence-corrected chi connectivity index (χ2v) is 7.09. The lowest BCUT2D eigenvalue weighted by Crippen LogP contribution is -2.47. The zero-order valence-electron chi connectivity index (χ0n) is 16.5. The Morgan fingerprint density at radius 1 is 1.07 bits per heavy atom. The van der Waals surface area contributed by atoms with Gasteiger partial charge in [-0.05, 0) is 24.6 Å². The van der Waals surface area contributed by atoms with Gasteiger partial charge in [0.1, 0.15) is 0 Å². The quantitative estimate of drug-likeness (QED) is 0.733. The molecule has 2 amide bonds. The van der Waals surface area contributed by atoms with E-state index in [-0.39, 0.29) is 6.04 Å². The van der Waals surface area contributed by atoms with Gasteiger partial charge in [-0.25, -0.2) is 0 Å². The minimum Gasteiger partial charge on any atom is -0.379 e. The zero-order valence-corrected chi connectivity index (χ0v) is 16.5. The highest BCUT2D eigenvalue weighted by Gasteiger charge is 2.25. The molecular weight excluding hydrogens is 356 g/mol. The average molecular weight is 384 g/mol. The minimum absolute atomic E-state index is 0.00208. The lowest BCUT2D eigenvalue weighted by atomic mass is 10.1. The molecule has 1 aromatic carbocycles. The molecule has 0 bridgehead atoms. The highest BCUT2D eigenvalue weighted by molar-refractivity contribution is 6.35. The maximum absolute atomic E-state index is 12.3. The molecule has 0 aliphatic carbocycles. The van der Waals surface area contributed by atoms with Gasteiger partial charge in [0, 0.05) is 45.1 Å². The molecule has 7 heteroatoms. The number of carbonyl (C=O) groups excluding carboxylic acids is 2. The van der Waals surface area contributed by atoms with Gasteiger partial charge in [0.15, 0.2) is 0 Å². The van der Waals surface area contributed by atoms with Gasteiger partial charge in [0.05, 0.1) is 19.3 Å². The summed E-state index contributed by atoms with van der Waals surface area (Å²) in [5, 5.41) is 5.47. The van der Waals surface area contributed by atoms with Crippen LogP contribution < -0.4 is 10.6 Å². The summed E-state index contributed by atoms with van der Waals surface area (Å²) < 4.78 is 7.49. The van der Waals surface area contributed by atoms with Crippen LogP contribution in [-0.4, -0.2) is 54.1 Å². The van der Waals surface area contributed by atoms with Crippen LogP contribution in [0.25, 0.3) is 0 Å². The molecule has 2 aromatic rings. The van der Waals surface area contributed by atoms with Crippen LogP contribution in [0.15, 0.2) is 42.6 Å². The Bertz CT molecular complexity index is 794. The molecule has 1 saturated heterocycles. The standard InChI is InChI=1S/C21H28N4O3/c1-16-5-7-17(8-6-16)14-22-20(26)21(27)23-15-19(18-4-3-9-24(18)2)25-10-12-28-13-11-25/h3-9,19H,10-15H2,1-2H3,(H,22,26)(H,23,27)/t19-/m0/s1. The lowest BCUT2D eigenvalue weighted by Gasteiger charge is -2.34. The Labute approximate surface area is 165 Å². The van der Waals surface area contributed by atoms with Crippen molar-refractivity contribution in [2.45, 2.75) is 19.5 Å². The molecule has 0 unspecified atom stereocenters. The largest absolute Gasteiger partial charge is 0.379 e. The molecular formula is C21H28N4O3. The fourth-order valence-electron chi connectivity index (χ4n) is 3.37. The van der Waals surface area contributed by atoms with E-state index in [1.165, 1.54) is 0 Å². The third-order valence-electron chi connectivity index (χ3n) is 5.05. The number of aromatic nitrogens is 1. The second-order valence-electron chi connectivity index (χ2n) is 7.09. The number of hydrogen-bond acceptors (Lipinski definition) is 4. The molecule has 0 spiro atoms. The van der Waals surface area contributed by atoms with Crippen molar-refractivity contribution < 1.29 is 14.3 Å². The minimum atomic E-state index is -0.617. The third kappa shape index (κ3) is 5.21. The number of nitrogens with one attached hydrogen (secondary N) is 2. The molecule has 1 atom stereocenters. The van der Waals surface area contributed by atoms with Crippen molar-refractivity contribution in [1.29, 1.82) is 0 Å². The van der Waals surface area contributed by atoms with Crippen LogP contribution in [0.4, 0.5) is 0 Å². The highest BCUT2D eigenvalue weighted by Crippen LogP contribution is 2.21. The molecule has 0 saturated carbocycles. The monoisotopic (exact) mass is 384 g/mol. The molecule has 1 aromatic heterocycles. The van der Waals surface area contributed by atoms with E-state index in [2.05, 4.69) is 15.5 Å². The summed E-state index contributed by atoms with van der Waals surface area (Å²) in [6.07, 6.45) is 1.99. The van der Waals surface area contributed by atoms with Crippen molar-refractivity contribution in [3.05, 3.63) is 59.4 Å². The topological polar surface area (TPSA) is 75.6 Å². The predicted molar refractivity (Wildman–Crippen MR) is 107 cm³/mol. The van der Waals surface area contributed by atoms with Crippen LogP contribution in [0.2, 0.25) is 0 Å². The van der Waals surface area contributed by atoms with Crippen LogP contribution >= 0.6 is 0 Å². The summed E-state index contributed by atoms with van der Waals surface area (Å²) in [6, 6.07) is 11.9. The van der Waals surface area contributed by atoms with Crippen LogP contribution in [0.1, 0.15) is 22.9 Å². The number of morpholine rings is 1. The van der Waals surface area contributed by atoms with E-state index >= 15 is 0 Å². The van der Waals surface area contributed by atoms with Gasteiger partial charge in [-0.3, -0.25) is 14.5 Å². The Hall–Kier alpha value is -2.64. The zero-order chi connectivity index (χ0) is 19.9. The van der Waals surface area contributed by atoms with E-state index in [1.54, 1.807) is 0 Å². The SMILES string of the molecule is Cc1ccc(CNC(=O)C(=O)NC[C@@H](c2cccn2C)N2CCOCC2)cc1. The van der Waals surface area contributed by atoms with Crippen molar-refractivity contribution in [3.63, 3.8) is 0 Å². The Kier molecular flexibility index (Phi) is 6.84. The number of hydrogen-bond donors (Lipinski definition) is 2. The summed E-state index contributed by atoms with van der Waals surface area (Å²) in [7, 11) is 1.99. The molecule has 150 valence electrons. The fraction of sp³-hybridized carbons (Fsp3) is 0.429. The van der Waals surface area contributed by atoms with Crippen molar-refractivity contribution in [3.8, 4) is 0 Å². The number of amides is 2. The number of nitrogens with zero attached hydrogens (tertiary/aromatic N) is 2. The highest BCUT2D eigenvalue weighted by atomic mass is 16.5. The van der Waals surface area contributed by atoms with E-state index in [0.717, 1.165) is 29.9 Å². The first kappa shape index (κ1) is 20.1. The molecule has 7 nitrogen and oxygen atoms in total. The molecule has 2 heterocycles. The summed E-state index contributed by atoms with van der Waals surface area (Å²) in [6.45, 7) is 5.65. The average Bonchev–Trinajstić information content (AvgIpc) is 3.14. The molecule has 0 radical (unpaired) electrons. The van der Waals surface area contributed by atoms with Gasteiger partial charge in [-0.2, -0.15) is 0 Å². The smallest absolute Gasteiger partial charge is 0.309 e. The molecule has 1 aliphatic heterocycles. The van der Waals surface area contributed by atoms with Gasteiger partial charge < -0.3 is 19.9 Å². The number of rotatable bonds is 6. The van der Waals surface area contributed by atoms with E-state index in [9.17, 15) is 9.59 Å². The molecule has 28 heavy (non-hydrogen) atoms. The summed E-state index contributed by atoms with van der Waals surface area (Å²) in [4.78, 5) is 26.7. The van der Waals surface area contributed by atoms with Crippen molar-refractivity contribution in [1.82, 2.24) is 20.1 Å². The number of aryl methyl sites for hydroxylation is 2. The summed E-state index contributed by atoms with van der Waals surface area (Å²) in [5.74, 6) is -1.23. The molecule has 3 rings (SSSR count). The maximum atomic E-state index is 12.3. The van der Waals surface area contributed by atoms with Crippen LogP contribution in [0, 0.1) is 6.92 Å². The van der Waals surface area contributed by atoms with Crippen LogP contribution in [0.3, 0.4) is 0 Å². The van der Waals surface area contributed by atoms with E-state index < -0.39 is 11.8 Å². The summed E-state index contributed by atoms with van der Waals surface area (Å²) >= 11 is 0. The van der Waals surface area contributed by atoms with Crippen molar-refractivity contribution in [2.24, 2.45) is 7.05 Å². The van der Waals surface area contributed by atoms with Gasteiger partial charge in [-0.15, -0.1) is 0 Å². The number of carbonyl (C=O) groups is 2. The van der Waals surface area contributed by atoms with Crippen molar-refractivity contribution >= 4 is 11.8 Å². The van der Waals surface area contributed by atoms with E-state index in [4.69, 9.17) is 4.74 Å². The Morgan fingerprint density at radius 3 is 2.39 bits per heavy atom. The number of benzene rings is 1. The van der Waals surface area contributed by atoms with E-state index in [0.29, 0.717) is 26.3 Å². The molecule has 2 N–H and O–H groups in total. The first-order valence-corrected chi connectivity index (χ1v) is 9.59. The van der Waals surface area contributed by atoms with Crippen LogP contribution in [-0.2, 0) is 27.9 Å². The van der Waals surface area contributed by atoms with Gasteiger partial charge in [0.2, 0.25) is 0 Å². The third-order valence-corrected chi connectivity index (χ3v) is 5.05. The van der Waals surface area contributed by atoms with Gasteiger partial charge >= 0.3 is 11.8 Å². The molecule has 1 aliphatic rings. The van der Waals surface area contributed by atoms with E-state index in [1.807, 2.05) is 61.1 Å². The Balaban J connectivity index is 1.55. The molecule has 1 fully saturated rings. The lowest BCUT2D eigenvalue weighted by molar-refractivity contribution is -0.139. The first-order valence-electron chi connectivity index (χ1n) is 9.59. The van der Waals surface area contributed by atoms with Gasteiger partial charge in [0.25, 0.3) is 0 Å². The second kappa shape index (κ2) is 9.52. The fourth-order valence-corrected chi connectivity index (χ4v) is 3.37. The van der Waals surface area contributed by atoms with Crippen LogP contribution in [0.5, 0.6) is 0 Å². The van der Waals surface area contributed by atoms with Crippen molar-refractivity contribution in [2.75, 3.05) is 32.8 Å². The predicted octanol–water partition coefficient (Wildman–Crippen LogP) is 1.14.